The highest BCUT2D eigenvalue weighted by Crippen LogP contribution is 2.09. The predicted octanol–water partition coefficient (Wildman–Crippen LogP) is 1.76. The quantitative estimate of drug-likeness (QED) is 0.735. The molecule has 84 valence electrons. The van der Waals surface area contributed by atoms with E-state index in [9.17, 15) is 4.79 Å². The van der Waals surface area contributed by atoms with Gasteiger partial charge in [-0.2, -0.15) is 0 Å². The van der Waals surface area contributed by atoms with Gasteiger partial charge in [0.2, 0.25) is 5.91 Å². The summed E-state index contributed by atoms with van der Waals surface area (Å²) in [7, 11) is 0. The van der Waals surface area contributed by atoms with E-state index in [2.05, 4.69) is 0 Å². The normalized spacial score (nSPS) is 13.4. The Morgan fingerprint density at radius 3 is 1.93 bits per heavy atom. The Bertz CT molecular complexity index is 170. The molecular weight excluding hydrogens is 176 g/mol. The molecule has 1 atom stereocenters. The topological polar surface area (TPSA) is 46.3 Å². The van der Waals surface area contributed by atoms with Crippen LogP contribution in [0.25, 0.3) is 0 Å². The number of carbonyl (C=O) groups is 1. The van der Waals surface area contributed by atoms with Crippen molar-refractivity contribution in [3.63, 3.8) is 0 Å². The molecule has 0 aromatic carbocycles. The van der Waals surface area contributed by atoms with Gasteiger partial charge in [0.25, 0.3) is 0 Å². The molecule has 0 spiro atoms. The number of nitrogens with zero attached hydrogens (tertiary/aromatic N) is 1. The van der Waals surface area contributed by atoms with E-state index in [4.69, 9.17) is 5.73 Å². The summed E-state index contributed by atoms with van der Waals surface area (Å²) in [4.78, 5) is 13.8. The van der Waals surface area contributed by atoms with Crippen molar-refractivity contribution in [3.05, 3.63) is 0 Å². The van der Waals surface area contributed by atoms with Gasteiger partial charge in [0.15, 0.2) is 0 Å². The summed E-state index contributed by atoms with van der Waals surface area (Å²) in [5.74, 6) is 0.0804. The fraction of sp³-hybridized carbons (Fsp3) is 0.909. The van der Waals surface area contributed by atoms with Gasteiger partial charge in [-0.05, 0) is 34.1 Å². The van der Waals surface area contributed by atoms with Crippen molar-refractivity contribution >= 4 is 5.91 Å². The van der Waals surface area contributed by atoms with Gasteiger partial charge in [-0.3, -0.25) is 4.79 Å². The summed E-state index contributed by atoms with van der Waals surface area (Å²) in [6.07, 6.45) is 1.73. The number of nitrogens with two attached hydrogens (primary N) is 1. The van der Waals surface area contributed by atoms with Crippen LogP contribution < -0.4 is 5.73 Å². The molecule has 0 aromatic rings. The summed E-state index contributed by atoms with van der Waals surface area (Å²) < 4.78 is 0. The van der Waals surface area contributed by atoms with Crippen molar-refractivity contribution in [1.29, 1.82) is 0 Å². The van der Waals surface area contributed by atoms with Crippen molar-refractivity contribution in [2.75, 3.05) is 0 Å². The van der Waals surface area contributed by atoms with Crippen LogP contribution in [-0.2, 0) is 4.79 Å². The fourth-order valence-electron chi connectivity index (χ4n) is 1.73. The van der Waals surface area contributed by atoms with Crippen LogP contribution in [0.5, 0.6) is 0 Å². The SMILES string of the molecule is CCCC(N)C(=O)N(C(C)C)C(C)C. The summed E-state index contributed by atoms with van der Waals surface area (Å²) in [5, 5.41) is 0. The number of rotatable bonds is 5. The van der Waals surface area contributed by atoms with E-state index in [1.54, 1.807) is 0 Å². The Morgan fingerprint density at radius 1 is 1.21 bits per heavy atom. The second-order valence-corrected chi connectivity index (χ2v) is 4.33. The van der Waals surface area contributed by atoms with E-state index in [1.807, 2.05) is 39.5 Å². The highest BCUT2D eigenvalue weighted by Gasteiger charge is 2.24. The van der Waals surface area contributed by atoms with Crippen molar-refractivity contribution in [2.24, 2.45) is 5.73 Å². The molecular formula is C11H24N2O. The number of hydrogen-bond donors (Lipinski definition) is 1. The van der Waals surface area contributed by atoms with E-state index in [0.29, 0.717) is 0 Å². The zero-order valence-electron chi connectivity index (χ0n) is 10.1. The van der Waals surface area contributed by atoms with Gasteiger partial charge >= 0.3 is 0 Å². The molecule has 0 saturated heterocycles. The maximum Gasteiger partial charge on any atom is 0.239 e. The van der Waals surface area contributed by atoms with Crippen molar-refractivity contribution in [2.45, 2.75) is 65.6 Å². The lowest BCUT2D eigenvalue weighted by atomic mass is 10.1. The molecule has 3 heteroatoms. The number of amides is 1. The molecule has 0 fully saturated rings. The monoisotopic (exact) mass is 200 g/mol. The predicted molar refractivity (Wildman–Crippen MR) is 60.0 cm³/mol. The van der Waals surface area contributed by atoms with Crippen LogP contribution >= 0.6 is 0 Å². The van der Waals surface area contributed by atoms with Crippen LogP contribution in [0.3, 0.4) is 0 Å². The van der Waals surface area contributed by atoms with E-state index in [-0.39, 0.29) is 24.0 Å². The Balaban J connectivity index is 4.43. The van der Waals surface area contributed by atoms with E-state index < -0.39 is 0 Å². The number of hydrogen-bond acceptors (Lipinski definition) is 2. The molecule has 0 aliphatic carbocycles. The molecule has 0 bridgehead atoms. The first-order valence-electron chi connectivity index (χ1n) is 5.49. The average molecular weight is 200 g/mol. The zero-order valence-corrected chi connectivity index (χ0v) is 10.1. The minimum Gasteiger partial charge on any atom is -0.337 e. The molecule has 0 radical (unpaired) electrons. The van der Waals surface area contributed by atoms with E-state index in [1.165, 1.54) is 0 Å². The van der Waals surface area contributed by atoms with Gasteiger partial charge < -0.3 is 10.6 Å². The summed E-state index contributed by atoms with van der Waals surface area (Å²) in [6, 6.07) is 0.126. The van der Waals surface area contributed by atoms with Crippen LogP contribution in [0.4, 0.5) is 0 Å². The zero-order chi connectivity index (χ0) is 11.3. The first kappa shape index (κ1) is 13.4. The Kier molecular flexibility index (Phi) is 5.77. The Morgan fingerprint density at radius 2 is 1.64 bits per heavy atom. The molecule has 1 amide bonds. The molecule has 14 heavy (non-hydrogen) atoms. The lowest BCUT2D eigenvalue weighted by Gasteiger charge is -2.32. The summed E-state index contributed by atoms with van der Waals surface area (Å²) in [6.45, 7) is 10.1. The molecule has 1 unspecified atom stereocenters. The van der Waals surface area contributed by atoms with Gasteiger partial charge in [-0.15, -0.1) is 0 Å². The van der Waals surface area contributed by atoms with Crippen LogP contribution in [0, 0.1) is 0 Å². The van der Waals surface area contributed by atoms with E-state index in [0.717, 1.165) is 12.8 Å². The maximum atomic E-state index is 11.9. The second-order valence-electron chi connectivity index (χ2n) is 4.33. The maximum absolute atomic E-state index is 11.9. The van der Waals surface area contributed by atoms with Crippen molar-refractivity contribution < 1.29 is 4.79 Å². The van der Waals surface area contributed by atoms with Gasteiger partial charge in [0.1, 0.15) is 0 Å². The van der Waals surface area contributed by atoms with Crippen LogP contribution in [0.1, 0.15) is 47.5 Å². The minimum atomic E-state index is -0.329. The molecule has 3 nitrogen and oxygen atoms in total. The van der Waals surface area contributed by atoms with E-state index >= 15 is 0 Å². The highest BCUT2D eigenvalue weighted by atomic mass is 16.2. The van der Waals surface area contributed by atoms with Gasteiger partial charge in [-0.1, -0.05) is 13.3 Å². The molecule has 0 rings (SSSR count). The van der Waals surface area contributed by atoms with Crippen LogP contribution in [0.15, 0.2) is 0 Å². The largest absolute Gasteiger partial charge is 0.337 e. The lowest BCUT2D eigenvalue weighted by molar-refractivity contribution is -0.136. The number of carbonyl (C=O) groups excluding carboxylic acids is 1. The van der Waals surface area contributed by atoms with Crippen LogP contribution in [0.2, 0.25) is 0 Å². The molecule has 0 heterocycles. The smallest absolute Gasteiger partial charge is 0.239 e. The Labute approximate surface area is 87.6 Å². The third kappa shape index (κ3) is 3.66. The highest BCUT2D eigenvalue weighted by molar-refractivity contribution is 5.82. The first-order valence-corrected chi connectivity index (χ1v) is 5.49. The van der Waals surface area contributed by atoms with Gasteiger partial charge in [-0.25, -0.2) is 0 Å². The van der Waals surface area contributed by atoms with Crippen molar-refractivity contribution in [3.8, 4) is 0 Å². The standard InChI is InChI=1S/C11H24N2O/c1-6-7-10(12)11(14)13(8(2)3)9(4)5/h8-10H,6-7,12H2,1-5H3. The fourth-order valence-corrected chi connectivity index (χ4v) is 1.73. The molecule has 0 aliphatic rings. The van der Waals surface area contributed by atoms with Gasteiger partial charge in [0.05, 0.1) is 6.04 Å². The molecule has 0 saturated carbocycles. The average Bonchev–Trinajstić information content (AvgIpc) is 2.03. The third-order valence-corrected chi connectivity index (χ3v) is 2.28. The minimum absolute atomic E-state index is 0.0804. The first-order chi connectivity index (χ1) is 6.41. The summed E-state index contributed by atoms with van der Waals surface area (Å²) in [5.41, 5.74) is 5.81. The molecule has 0 aromatic heterocycles. The molecule has 0 aliphatic heterocycles. The lowest BCUT2D eigenvalue weighted by Crippen LogP contribution is -2.50. The van der Waals surface area contributed by atoms with Crippen molar-refractivity contribution in [1.82, 2.24) is 4.90 Å². The second kappa shape index (κ2) is 6.02. The Hall–Kier alpha value is -0.570. The summed E-state index contributed by atoms with van der Waals surface area (Å²) >= 11 is 0. The molecule has 2 N–H and O–H groups in total. The third-order valence-electron chi connectivity index (χ3n) is 2.28. The van der Waals surface area contributed by atoms with Gasteiger partial charge in [0, 0.05) is 12.1 Å². The van der Waals surface area contributed by atoms with Crippen LogP contribution in [-0.4, -0.2) is 28.9 Å².